The third-order valence-electron chi connectivity index (χ3n) is 3.68. The van der Waals surface area contributed by atoms with Crippen molar-refractivity contribution in [1.82, 2.24) is 0 Å². The van der Waals surface area contributed by atoms with E-state index in [9.17, 15) is 0 Å². The molecule has 1 heterocycles. The lowest BCUT2D eigenvalue weighted by Crippen LogP contribution is -2.36. The summed E-state index contributed by atoms with van der Waals surface area (Å²) in [5.41, 5.74) is 9.51. The van der Waals surface area contributed by atoms with E-state index < -0.39 is 0 Å². The highest BCUT2D eigenvalue weighted by molar-refractivity contribution is 9.10. The first-order valence-electron chi connectivity index (χ1n) is 6.67. The fourth-order valence-electron chi connectivity index (χ4n) is 2.63. The minimum Gasteiger partial charge on any atom is -0.369 e. The summed E-state index contributed by atoms with van der Waals surface area (Å²) >= 11 is 9.63. The van der Waals surface area contributed by atoms with Crippen molar-refractivity contribution >= 4 is 39.2 Å². The van der Waals surface area contributed by atoms with E-state index in [1.54, 1.807) is 0 Å². The largest absolute Gasteiger partial charge is 0.369 e. The van der Waals surface area contributed by atoms with Crippen molar-refractivity contribution in [1.29, 1.82) is 0 Å². The van der Waals surface area contributed by atoms with Crippen LogP contribution in [-0.2, 0) is 0 Å². The van der Waals surface area contributed by atoms with E-state index in [0.717, 1.165) is 15.7 Å². The summed E-state index contributed by atoms with van der Waals surface area (Å²) < 4.78 is 0.975. The van der Waals surface area contributed by atoms with Crippen LogP contribution in [0, 0.1) is 6.92 Å². The van der Waals surface area contributed by atoms with Crippen molar-refractivity contribution in [2.24, 2.45) is 10.7 Å². The maximum absolute atomic E-state index is 6.12. The van der Waals surface area contributed by atoms with Gasteiger partial charge in [-0.2, -0.15) is 0 Å². The number of hydrogen-bond donors (Lipinski definition) is 1. The van der Waals surface area contributed by atoms with Gasteiger partial charge in [0.05, 0.1) is 12.6 Å². The Hall–Kier alpha value is -1.52. The number of guanidine groups is 1. The first kappa shape index (κ1) is 14.4. The van der Waals surface area contributed by atoms with E-state index in [-0.39, 0.29) is 6.04 Å². The molecule has 0 bridgehead atoms. The minimum absolute atomic E-state index is 0.0812. The standard InChI is InChI=1S/C16H15BrClN3/c1-10-4-2-3-5-14(10)21-15(9-20-16(21)19)12-7-6-11(18)8-13(12)17/h2-8,15H,9H2,1H3,(H2,19,20). The first-order chi connectivity index (χ1) is 10.1. The van der Waals surface area contributed by atoms with E-state index in [1.165, 1.54) is 5.56 Å². The summed E-state index contributed by atoms with van der Waals surface area (Å²) in [7, 11) is 0. The van der Waals surface area contributed by atoms with Gasteiger partial charge in [0.25, 0.3) is 0 Å². The van der Waals surface area contributed by atoms with Crippen LogP contribution in [0.5, 0.6) is 0 Å². The highest BCUT2D eigenvalue weighted by Crippen LogP contribution is 2.36. The molecule has 2 aromatic rings. The van der Waals surface area contributed by atoms with E-state index in [2.05, 4.69) is 44.9 Å². The van der Waals surface area contributed by atoms with E-state index >= 15 is 0 Å². The molecule has 1 unspecified atom stereocenters. The molecule has 0 aliphatic carbocycles. The Kier molecular flexibility index (Phi) is 3.91. The van der Waals surface area contributed by atoms with Crippen molar-refractivity contribution in [3.05, 3.63) is 63.1 Å². The van der Waals surface area contributed by atoms with Gasteiger partial charge < -0.3 is 10.6 Å². The Morgan fingerprint density at radius 3 is 2.76 bits per heavy atom. The molecule has 0 aromatic heterocycles. The average molecular weight is 365 g/mol. The summed E-state index contributed by atoms with van der Waals surface area (Å²) in [6, 6.07) is 14.1. The molecule has 0 amide bonds. The van der Waals surface area contributed by atoms with Crippen LogP contribution in [0.25, 0.3) is 0 Å². The molecule has 0 fully saturated rings. The Balaban J connectivity index is 2.05. The maximum atomic E-state index is 6.12. The summed E-state index contributed by atoms with van der Waals surface area (Å²) in [5.74, 6) is 0.552. The average Bonchev–Trinajstić information content (AvgIpc) is 2.81. The van der Waals surface area contributed by atoms with Gasteiger partial charge in [-0.15, -0.1) is 0 Å². The molecule has 2 aromatic carbocycles. The second-order valence-electron chi connectivity index (χ2n) is 5.04. The highest BCUT2D eigenvalue weighted by Gasteiger charge is 2.30. The Labute approximate surface area is 137 Å². The maximum Gasteiger partial charge on any atom is 0.196 e. The third kappa shape index (κ3) is 2.65. The summed E-state index contributed by atoms with van der Waals surface area (Å²) in [4.78, 5) is 6.51. The number of aliphatic imine (C=N–C) groups is 1. The zero-order valence-corrected chi connectivity index (χ0v) is 13.9. The molecule has 0 spiro atoms. The molecular weight excluding hydrogens is 350 g/mol. The fraction of sp³-hybridized carbons (Fsp3) is 0.188. The minimum atomic E-state index is 0.0812. The molecule has 3 nitrogen and oxygen atoms in total. The van der Waals surface area contributed by atoms with E-state index in [4.69, 9.17) is 17.3 Å². The van der Waals surface area contributed by atoms with Crippen LogP contribution in [-0.4, -0.2) is 12.5 Å². The van der Waals surface area contributed by atoms with Crippen molar-refractivity contribution in [2.75, 3.05) is 11.4 Å². The number of para-hydroxylation sites is 1. The third-order valence-corrected chi connectivity index (χ3v) is 4.60. The quantitative estimate of drug-likeness (QED) is 0.864. The van der Waals surface area contributed by atoms with Crippen molar-refractivity contribution in [3.8, 4) is 0 Å². The molecule has 0 saturated carbocycles. The number of aryl methyl sites for hydroxylation is 1. The lowest BCUT2D eigenvalue weighted by Gasteiger charge is -2.28. The highest BCUT2D eigenvalue weighted by atomic mass is 79.9. The lowest BCUT2D eigenvalue weighted by atomic mass is 10.0. The summed E-state index contributed by atoms with van der Waals surface area (Å²) in [5, 5.41) is 0.708. The first-order valence-corrected chi connectivity index (χ1v) is 7.85. The second kappa shape index (κ2) is 5.70. The van der Waals surface area contributed by atoms with Crippen LogP contribution in [0.4, 0.5) is 5.69 Å². The van der Waals surface area contributed by atoms with Gasteiger partial charge in [0, 0.05) is 15.2 Å². The summed E-state index contributed by atoms with van der Waals surface area (Å²) in [6.07, 6.45) is 0. The number of anilines is 1. The summed E-state index contributed by atoms with van der Waals surface area (Å²) in [6.45, 7) is 2.72. The van der Waals surface area contributed by atoms with Gasteiger partial charge in [-0.1, -0.05) is 51.8 Å². The molecule has 5 heteroatoms. The van der Waals surface area contributed by atoms with Crippen LogP contribution in [0.1, 0.15) is 17.2 Å². The SMILES string of the molecule is Cc1ccccc1N1C(N)=NCC1c1ccc(Cl)cc1Br. The van der Waals surface area contributed by atoms with Crippen molar-refractivity contribution < 1.29 is 0 Å². The smallest absolute Gasteiger partial charge is 0.196 e. The van der Waals surface area contributed by atoms with Crippen LogP contribution >= 0.6 is 27.5 Å². The molecule has 1 atom stereocenters. The monoisotopic (exact) mass is 363 g/mol. The molecule has 0 saturated heterocycles. The number of benzene rings is 2. The number of halogens is 2. The predicted octanol–water partition coefficient (Wildman–Crippen LogP) is 4.29. The molecular formula is C16H15BrClN3. The van der Waals surface area contributed by atoms with Crippen LogP contribution in [0.2, 0.25) is 5.02 Å². The van der Waals surface area contributed by atoms with Gasteiger partial charge in [-0.3, -0.25) is 4.99 Å². The van der Waals surface area contributed by atoms with Gasteiger partial charge in [0.15, 0.2) is 5.96 Å². The number of nitrogens with two attached hydrogens (primary N) is 1. The topological polar surface area (TPSA) is 41.6 Å². The number of hydrogen-bond acceptors (Lipinski definition) is 3. The number of nitrogens with zero attached hydrogens (tertiary/aromatic N) is 2. The van der Waals surface area contributed by atoms with E-state index in [1.807, 2.05) is 30.3 Å². The predicted molar refractivity (Wildman–Crippen MR) is 92.0 cm³/mol. The molecule has 1 aliphatic rings. The normalized spacial score (nSPS) is 18.0. The van der Waals surface area contributed by atoms with Crippen molar-refractivity contribution in [3.63, 3.8) is 0 Å². The Morgan fingerprint density at radius 1 is 1.29 bits per heavy atom. The van der Waals surface area contributed by atoms with Crippen molar-refractivity contribution in [2.45, 2.75) is 13.0 Å². The second-order valence-corrected chi connectivity index (χ2v) is 6.33. The molecule has 3 rings (SSSR count). The Morgan fingerprint density at radius 2 is 2.05 bits per heavy atom. The number of rotatable bonds is 2. The van der Waals surface area contributed by atoms with Crippen LogP contribution in [0.15, 0.2) is 51.9 Å². The molecule has 2 N–H and O–H groups in total. The van der Waals surface area contributed by atoms with E-state index in [0.29, 0.717) is 17.5 Å². The molecule has 0 radical (unpaired) electrons. The van der Waals surface area contributed by atoms with Gasteiger partial charge in [0.2, 0.25) is 0 Å². The van der Waals surface area contributed by atoms with Gasteiger partial charge in [-0.25, -0.2) is 0 Å². The lowest BCUT2D eigenvalue weighted by molar-refractivity contribution is 0.763. The van der Waals surface area contributed by atoms with Crippen LogP contribution in [0.3, 0.4) is 0 Å². The Bertz CT molecular complexity index is 714. The fourth-order valence-corrected chi connectivity index (χ4v) is 3.58. The van der Waals surface area contributed by atoms with Gasteiger partial charge >= 0.3 is 0 Å². The zero-order chi connectivity index (χ0) is 15.0. The molecule has 1 aliphatic heterocycles. The van der Waals surface area contributed by atoms with Gasteiger partial charge in [0.1, 0.15) is 0 Å². The molecule has 21 heavy (non-hydrogen) atoms. The van der Waals surface area contributed by atoms with Gasteiger partial charge in [-0.05, 0) is 36.2 Å². The van der Waals surface area contributed by atoms with Crippen LogP contribution < -0.4 is 10.6 Å². The molecule has 108 valence electrons. The zero-order valence-electron chi connectivity index (χ0n) is 11.6.